The summed E-state index contributed by atoms with van der Waals surface area (Å²) in [6.07, 6.45) is 6.11. The lowest BCUT2D eigenvalue weighted by atomic mass is 9.78. The Morgan fingerprint density at radius 2 is 1.76 bits per heavy atom. The van der Waals surface area contributed by atoms with Crippen molar-refractivity contribution in [3.63, 3.8) is 0 Å². The zero-order valence-electron chi connectivity index (χ0n) is 19.9. The first-order valence-electron chi connectivity index (χ1n) is 11.8. The molecular formula is C24H34N4O5S. The van der Waals surface area contributed by atoms with Gasteiger partial charge in [0.1, 0.15) is 5.41 Å². The van der Waals surface area contributed by atoms with Crippen molar-refractivity contribution in [2.24, 2.45) is 11.3 Å². The Labute approximate surface area is 201 Å². The van der Waals surface area contributed by atoms with E-state index < -0.39 is 21.5 Å². The number of rotatable bonds is 8. The van der Waals surface area contributed by atoms with E-state index in [9.17, 15) is 22.8 Å². The van der Waals surface area contributed by atoms with Gasteiger partial charge in [0.05, 0.1) is 4.90 Å². The van der Waals surface area contributed by atoms with E-state index in [1.165, 1.54) is 12.1 Å². The molecule has 9 nitrogen and oxygen atoms in total. The van der Waals surface area contributed by atoms with Gasteiger partial charge in [-0.1, -0.05) is 26.0 Å². The molecule has 1 aromatic rings. The number of sulfonamides is 1. The lowest BCUT2D eigenvalue weighted by Crippen LogP contribution is -2.47. The van der Waals surface area contributed by atoms with Gasteiger partial charge in [0, 0.05) is 18.8 Å². The van der Waals surface area contributed by atoms with Gasteiger partial charge in [-0.05, 0) is 74.6 Å². The highest BCUT2D eigenvalue weighted by Crippen LogP contribution is 2.35. The fourth-order valence-corrected chi connectivity index (χ4v) is 5.50. The second-order valence-electron chi connectivity index (χ2n) is 9.25. The highest BCUT2D eigenvalue weighted by atomic mass is 32.2. The van der Waals surface area contributed by atoms with Crippen molar-refractivity contribution in [3.8, 4) is 0 Å². The third-order valence-corrected chi connectivity index (χ3v) is 8.26. The molecule has 0 saturated heterocycles. The van der Waals surface area contributed by atoms with Crippen molar-refractivity contribution in [2.75, 3.05) is 6.54 Å². The lowest BCUT2D eigenvalue weighted by molar-refractivity contribution is -0.139. The van der Waals surface area contributed by atoms with Crippen molar-refractivity contribution in [1.82, 2.24) is 20.7 Å². The van der Waals surface area contributed by atoms with Crippen LogP contribution in [0.5, 0.6) is 0 Å². The van der Waals surface area contributed by atoms with Crippen molar-refractivity contribution in [3.05, 3.63) is 41.6 Å². The molecule has 0 bridgehead atoms. The quantitative estimate of drug-likeness (QED) is 0.415. The second kappa shape index (κ2) is 10.6. The summed E-state index contributed by atoms with van der Waals surface area (Å²) in [6, 6.07) is 5.43. The first kappa shape index (κ1) is 25.7. The number of urea groups is 1. The van der Waals surface area contributed by atoms with Crippen LogP contribution >= 0.6 is 0 Å². The molecule has 1 unspecified atom stereocenters. The first-order chi connectivity index (χ1) is 16.1. The predicted molar refractivity (Wildman–Crippen MR) is 128 cm³/mol. The lowest BCUT2D eigenvalue weighted by Gasteiger charge is -2.26. The number of carbonyl (C=O) groups is 3. The van der Waals surface area contributed by atoms with Gasteiger partial charge in [0.25, 0.3) is 10.0 Å². The Kier molecular flexibility index (Phi) is 8.01. The van der Waals surface area contributed by atoms with E-state index in [4.69, 9.17) is 0 Å². The molecule has 0 spiro atoms. The molecule has 3 rings (SSSR count). The molecule has 1 aliphatic carbocycles. The Morgan fingerprint density at radius 3 is 2.32 bits per heavy atom. The smallest absolute Gasteiger partial charge is 0.328 e. The van der Waals surface area contributed by atoms with Gasteiger partial charge in [0.15, 0.2) is 0 Å². The minimum absolute atomic E-state index is 0.00887. The SMILES string of the molecule is CCC1(C(=O)NCCc2ccc(S(=O)(=O)NC(=O)NC3CCC(C)CC3)cc2)C(=O)NC=C1C. The summed E-state index contributed by atoms with van der Waals surface area (Å²) in [6.45, 7) is 6.02. The van der Waals surface area contributed by atoms with Crippen LogP contribution in [0.15, 0.2) is 40.9 Å². The number of hydrogen-bond donors (Lipinski definition) is 4. The minimum atomic E-state index is -3.99. The minimum Gasteiger partial charge on any atom is -0.355 e. The van der Waals surface area contributed by atoms with Gasteiger partial charge in [0.2, 0.25) is 11.8 Å². The molecule has 0 aromatic heterocycles. The van der Waals surface area contributed by atoms with Crippen LogP contribution in [0.1, 0.15) is 58.4 Å². The molecule has 1 fully saturated rings. The highest BCUT2D eigenvalue weighted by Gasteiger charge is 2.48. The predicted octanol–water partition coefficient (Wildman–Crippen LogP) is 2.34. The van der Waals surface area contributed by atoms with Crippen molar-refractivity contribution in [1.29, 1.82) is 0 Å². The molecule has 2 aliphatic rings. The maximum absolute atomic E-state index is 12.7. The van der Waals surface area contributed by atoms with E-state index in [-0.39, 0.29) is 22.8 Å². The third-order valence-electron chi connectivity index (χ3n) is 6.91. The fourth-order valence-electron chi connectivity index (χ4n) is 4.59. The van der Waals surface area contributed by atoms with E-state index >= 15 is 0 Å². The summed E-state index contributed by atoms with van der Waals surface area (Å²) in [5.41, 5.74) is 0.315. The van der Waals surface area contributed by atoms with Crippen LogP contribution in [0.2, 0.25) is 0 Å². The first-order valence-corrected chi connectivity index (χ1v) is 13.3. The highest BCUT2D eigenvalue weighted by molar-refractivity contribution is 7.90. The number of carbonyl (C=O) groups excluding carboxylic acids is 3. The van der Waals surface area contributed by atoms with E-state index in [1.807, 2.05) is 0 Å². The van der Waals surface area contributed by atoms with Crippen LogP contribution in [0.3, 0.4) is 0 Å². The number of nitrogens with one attached hydrogen (secondary N) is 4. The van der Waals surface area contributed by atoms with E-state index in [1.54, 1.807) is 32.2 Å². The standard InChI is InChI=1S/C24H34N4O5S/c1-4-24(17(3)15-26-22(24)30)21(29)25-14-13-18-7-11-20(12-8-18)34(32,33)28-23(31)27-19-9-5-16(2)6-10-19/h7-8,11-12,15-16,19H,4-6,9-10,13-14H2,1-3H3,(H,25,29)(H,26,30)(H2,27,28,31). The van der Waals surface area contributed by atoms with Gasteiger partial charge < -0.3 is 16.0 Å². The second-order valence-corrected chi connectivity index (χ2v) is 10.9. The summed E-state index contributed by atoms with van der Waals surface area (Å²) < 4.78 is 27.2. The summed E-state index contributed by atoms with van der Waals surface area (Å²) in [7, 11) is -3.99. The molecule has 4 amide bonds. The van der Waals surface area contributed by atoms with Crippen LogP contribution in [0.4, 0.5) is 4.79 Å². The van der Waals surface area contributed by atoms with Crippen LogP contribution in [0, 0.1) is 11.3 Å². The number of benzene rings is 1. The molecule has 10 heteroatoms. The van der Waals surface area contributed by atoms with Gasteiger partial charge in [-0.3, -0.25) is 9.59 Å². The van der Waals surface area contributed by atoms with E-state index in [2.05, 4.69) is 27.6 Å². The van der Waals surface area contributed by atoms with Crippen molar-refractivity contribution < 1.29 is 22.8 Å². The summed E-state index contributed by atoms with van der Waals surface area (Å²) >= 11 is 0. The zero-order valence-corrected chi connectivity index (χ0v) is 20.8. The fraction of sp³-hybridized carbons (Fsp3) is 0.542. The molecule has 1 atom stereocenters. The van der Waals surface area contributed by atoms with Crippen molar-refractivity contribution >= 4 is 27.9 Å². The molecule has 1 aromatic carbocycles. The van der Waals surface area contributed by atoms with Crippen LogP contribution < -0.4 is 20.7 Å². The molecule has 34 heavy (non-hydrogen) atoms. The Balaban J connectivity index is 1.51. The van der Waals surface area contributed by atoms with Crippen molar-refractivity contribution in [2.45, 2.75) is 70.2 Å². The third kappa shape index (κ3) is 5.60. The topological polar surface area (TPSA) is 133 Å². The Morgan fingerprint density at radius 1 is 1.12 bits per heavy atom. The summed E-state index contributed by atoms with van der Waals surface area (Å²) in [5, 5.41) is 8.17. The molecule has 186 valence electrons. The summed E-state index contributed by atoms with van der Waals surface area (Å²) in [5.74, 6) is -0.0395. The molecule has 1 heterocycles. The maximum Gasteiger partial charge on any atom is 0.328 e. The zero-order chi connectivity index (χ0) is 24.9. The van der Waals surface area contributed by atoms with Crippen LogP contribution in [-0.2, 0) is 26.0 Å². The molecule has 1 aliphatic heterocycles. The number of hydrogen-bond acceptors (Lipinski definition) is 5. The maximum atomic E-state index is 12.7. The van der Waals surface area contributed by atoms with Crippen LogP contribution in [-0.4, -0.2) is 38.8 Å². The average molecular weight is 491 g/mol. The Bertz CT molecular complexity index is 1060. The van der Waals surface area contributed by atoms with Gasteiger partial charge in [-0.25, -0.2) is 17.9 Å². The largest absolute Gasteiger partial charge is 0.355 e. The van der Waals surface area contributed by atoms with Gasteiger partial charge >= 0.3 is 6.03 Å². The molecule has 1 saturated carbocycles. The van der Waals surface area contributed by atoms with E-state index in [0.29, 0.717) is 30.9 Å². The molecule has 0 radical (unpaired) electrons. The van der Waals surface area contributed by atoms with Crippen LogP contribution in [0.25, 0.3) is 0 Å². The number of amides is 4. The Hall–Kier alpha value is -2.88. The monoisotopic (exact) mass is 490 g/mol. The normalized spacial score (nSPS) is 24.7. The molecular weight excluding hydrogens is 456 g/mol. The average Bonchev–Trinajstić information content (AvgIpc) is 3.09. The van der Waals surface area contributed by atoms with Gasteiger partial charge in [-0.15, -0.1) is 0 Å². The van der Waals surface area contributed by atoms with Gasteiger partial charge in [-0.2, -0.15) is 0 Å². The molecule has 4 N–H and O–H groups in total. The summed E-state index contributed by atoms with van der Waals surface area (Å²) in [4.78, 5) is 37.1. The van der Waals surface area contributed by atoms with E-state index in [0.717, 1.165) is 31.2 Å².